The smallest absolute Gasteiger partial charge is 0.230 e. The summed E-state index contributed by atoms with van der Waals surface area (Å²) in [6, 6.07) is 13.9. The third kappa shape index (κ3) is 2.99. The van der Waals surface area contributed by atoms with E-state index in [0.29, 0.717) is 16.5 Å². The van der Waals surface area contributed by atoms with Crippen LogP contribution in [-0.2, 0) is 0 Å². The molecule has 0 bridgehead atoms. The molecule has 0 unspecified atom stereocenters. The molecule has 8 heteroatoms. The number of aromatic nitrogens is 3. The summed E-state index contributed by atoms with van der Waals surface area (Å²) in [6.07, 6.45) is 1.59. The number of thiazole rings is 1. The molecule has 28 heavy (non-hydrogen) atoms. The minimum atomic E-state index is -0.0181. The van der Waals surface area contributed by atoms with Crippen LogP contribution < -0.4 is 0 Å². The van der Waals surface area contributed by atoms with Gasteiger partial charge in [-0.15, -0.1) is 5.10 Å². The molecule has 0 spiro atoms. The SMILES string of the molecule is CN1CCN([C@@H](c2ccccc2)c2sc3nc(-c4ccco4)nn3c2O)CC1. The van der Waals surface area contributed by atoms with Gasteiger partial charge in [0.05, 0.1) is 17.2 Å². The van der Waals surface area contributed by atoms with Crippen LogP contribution in [0.1, 0.15) is 16.5 Å². The summed E-state index contributed by atoms with van der Waals surface area (Å²) in [4.78, 5) is 10.8. The van der Waals surface area contributed by atoms with Crippen molar-refractivity contribution in [1.29, 1.82) is 0 Å². The predicted molar refractivity (Wildman–Crippen MR) is 108 cm³/mol. The minimum absolute atomic E-state index is 0.0181. The maximum atomic E-state index is 11.0. The molecular formula is C20H21N5O2S. The Kier molecular flexibility index (Phi) is 4.38. The standard InChI is InChI=1S/C20H21N5O2S/c1-23-9-11-24(12-10-23)16(14-6-3-2-4-7-14)17-19(26)25-20(28-17)21-18(22-25)15-8-5-13-27-15/h2-8,13,16,26H,9-12H2,1H3/t16-/m0/s1. The molecule has 5 rings (SSSR count). The summed E-state index contributed by atoms with van der Waals surface area (Å²) in [6.45, 7) is 3.91. The lowest BCUT2D eigenvalue weighted by molar-refractivity contribution is 0.127. The maximum absolute atomic E-state index is 11.0. The van der Waals surface area contributed by atoms with Crippen molar-refractivity contribution in [3.63, 3.8) is 0 Å². The highest BCUT2D eigenvalue weighted by Crippen LogP contribution is 2.40. The highest BCUT2D eigenvalue weighted by molar-refractivity contribution is 7.17. The van der Waals surface area contributed by atoms with E-state index in [1.54, 1.807) is 12.3 Å². The van der Waals surface area contributed by atoms with Gasteiger partial charge in [-0.2, -0.15) is 9.50 Å². The Hall–Kier alpha value is -2.68. The van der Waals surface area contributed by atoms with Gasteiger partial charge < -0.3 is 14.4 Å². The fraction of sp³-hybridized carbons (Fsp3) is 0.300. The van der Waals surface area contributed by atoms with E-state index in [1.807, 2.05) is 24.3 Å². The first kappa shape index (κ1) is 17.4. The number of nitrogens with zero attached hydrogens (tertiary/aromatic N) is 5. The van der Waals surface area contributed by atoms with Gasteiger partial charge in [0, 0.05) is 26.2 Å². The number of hydrogen-bond acceptors (Lipinski definition) is 7. The van der Waals surface area contributed by atoms with E-state index in [2.05, 4.69) is 39.1 Å². The largest absolute Gasteiger partial charge is 0.492 e. The number of likely N-dealkylation sites (N-methyl/N-ethyl adjacent to an activating group) is 1. The van der Waals surface area contributed by atoms with Crippen molar-refractivity contribution in [3.05, 3.63) is 59.2 Å². The van der Waals surface area contributed by atoms with Crippen LogP contribution in [0.15, 0.2) is 53.1 Å². The fourth-order valence-corrected chi connectivity index (χ4v) is 4.80. The van der Waals surface area contributed by atoms with Gasteiger partial charge in [-0.25, -0.2) is 0 Å². The van der Waals surface area contributed by atoms with Crippen molar-refractivity contribution in [3.8, 4) is 17.5 Å². The van der Waals surface area contributed by atoms with Crippen LogP contribution in [0, 0.1) is 0 Å². The number of fused-ring (bicyclic) bond motifs is 1. The van der Waals surface area contributed by atoms with Gasteiger partial charge in [-0.3, -0.25) is 4.90 Å². The van der Waals surface area contributed by atoms with Crippen molar-refractivity contribution in [1.82, 2.24) is 24.4 Å². The summed E-state index contributed by atoms with van der Waals surface area (Å²) >= 11 is 1.48. The van der Waals surface area contributed by atoms with Gasteiger partial charge in [0.15, 0.2) is 5.76 Å². The van der Waals surface area contributed by atoms with E-state index in [1.165, 1.54) is 15.9 Å². The Bertz CT molecular complexity index is 1070. The van der Waals surface area contributed by atoms with Crippen molar-refractivity contribution in [2.45, 2.75) is 6.04 Å². The molecule has 0 amide bonds. The molecule has 4 aromatic rings. The van der Waals surface area contributed by atoms with Crippen LogP contribution in [0.5, 0.6) is 5.88 Å². The van der Waals surface area contributed by atoms with Gasteiger partial charge >= 0.3 is 0 Å². The molecule has 1 aromatic carbocycles. The molecule has 7 nitrogen and oxygen atoms in total. The topological polar surface area (TPSA) is 70.0 Å². The number of piperazine rings is 1. The molecule has 1 aliphatic rings. The van der Waals surface area contributed by atoms with Gasteiger partial charge in [-0.05, 0) is 24.7 Å². The number of hydrogen-bond donors (Lipinski definition) is 1. The zero-order valence-corrected chi connectivity index (χ0v) is 16.3. The van der Waals surface area contributed by atoms with Crippen LogP contribution in [0.2, 0.25) is 0 Å². The Balaban J connectivity index is 1.57. The average molecular weight is 395 g/mol. The monoisotopic (exact) mass is 395 g/mol. The lowest BCUT2D eigenvalue weighted by Crippen LogP contribution is -2.46. The second kappa shape index (κ2) is 7.05. The molecule has 1 saturated heterocycles. The fourth-order valence-electron chi connectivity index (χ4n) is 3.68. The Morgan fingerprint density at radius 3 is 2.54 bits per heavy atom. The Morgan fingerprint density at radius 2 is 1.86 bits per heavy atom. The minimum Gasteiger partial charge on any atom is -0.492 e. The number of aromatic hydroxyl groups is 1. The van der Waals surface area contributed by atoms with Crippen molar-refractivity contribution in [2.75, 3.05) is 33.2 Å². The molecule has 3 aromatic heterocycles. The number of benzene rings is 1. The molecule has 144 valence electrons. The molecule has 0 radical (unpaired) electrons. The lowest BCUT2D eigenvalue weighted by atomic mass is 10.0. The van der Waals surface area contributed by atoms with Gasteiger partial charge in [0.25, 0.3) is 0 Å². The third-order valence-corrected chi connectivity index (χ3v) is 6.28. The highest BCUT2D eigenvalue weighted by Gasteiger charge is 2.31. The van der Waals surface area contributed by atoms with E-state index < -0.39 is 0 Å². The summed E-state index contributed by atoms with van der Waals surface area (Å²) < 4.78 is 6.90. The molecule has 1 aliphatic heterocycles. The van der Waals surface area contributed by atoms with E-state index in [9.17, 15) is 5.11 Å². The zero-order chi connectivity index (χ0) is 19.1. The number of furan rings is 1. The lowest BCUT2D eigenvalue weighted by Gasteiger charge is -2.37. The predicted octanol–water partition coefficient (Wildman–Crippen LogP) is 3.09. The first-order valence-electron chi connectivity index (χ1n) is 9.30. The summed E-state index contributed by atoms with van der Waals surface area (Å²) in [5.74, 6) is 1.22. The molecule has 0 aliphatic carbocycles. The van der Waals surface area contributed by atoms with Crippen molar-refractivity contribution in [2.24, 2.45) is 0 Å². The quantitative estimate of drug-likeness (QED) is 0.573. The maximum Gasteiger partial charge on any atom is 0.230 e. The van der Waals surface area contributed by atoms with Crippen LogP contribution in [0.4, 0.5) is 0 Å². The molecule has 1 N–H and O–H groups in total. The first-order valence-corrected chi connectivity index (χ1v) is 10.1. The third-order valence-electron chi connectivity index (χ3n) is 5.21. The molecule has 4 heterocycles. The normalized spacial score (nSPS) is 17.3. The second-order valence-corrected chi connectivity index (χ2v) is 8.06. The van der Waals surface area contributed by atoms with E-state index in [-0.39, 0.29) is 11.9 Å². The van der Waals surface area contributed by atoms with Crippen LogP contribution >= 0.6 is 11.3 Å². The molecular weight excluding hydrogens is 374 g/mol. The van der Waals surface area contributed by atoms with Crippen molar-refractivity contribution >= 4 is 16.3 Å². The van der Waals surface area contributed by atoms with E-state index >= 15 is 0 Å². The Morgan fingerprint density at radius 1 is 1.07 bits per heavy atom. The molecule has 1 fully saturated rings. The van der Waals surface area contributed by atoms with Crippen LogP contribution in [0.3, 0.4) is 0 Å². The summed E-state index contributed by atoms with van der Waals surface area (Å²) in [7, 11) is 2.14. The number of rotatable bonds is 4. The van der Waals surface area contributed by atoms with Crippen LogP contribution in [-0.4, -0.2) is 62.7 Å². The highest BCUT2D eigenvalue weighted by atomic mass is 32.1. The average Bonchev–Trinajstić information content (AvgIpc) is 3.43. The van der Waals surface area contributed by atoms with Gasteiger partial charge in [-0.1, -0.05) is 41.7 Å². The Labute approximate surface area is 166 Å². The first-order chi connectivity index (χ1) is 13.7. The molecule has 0 saturated carbocycles. The summed E-state index contributed by atoms with van der Waals surface area (Å²) in [5, 5.41) is 15.5. The zero-order valence-electron chi connectivity index (χ0n) is 15.5. The van der Waals surface area contributed by atoms with E-state index in [0.717, 1.165) is 36.6 Å². The second-order valence-electron chi connectivity index (χ2n) is 7.05. The van der Waals surface area contributed by atoms with E-state index in [4.69, 9.17) is 4.42 Å². The van der Waals surface area contributed by atoms with Crippen molar-refractivity contribution < 1.29 is 9.52 Å². The molecule has 1 atom stereocenters. The van der Waals surface area contributed by atoms with Crippen LogP contribution in [0.25, 0.3) is 16.5 Å². The van der Waals surface area contributed by atoms with Gasteiger partial charge in [0.2, 0.25) is 16.7 Å². The van der Waals surface area contributed by atoms with Gasteiger partial charge in [0.1, 0.15) is 0 Å². The summed E-state index contributed by atoms with van der Waals surface area (Å²) in [5.41, 5.74) is 1.16.